The van der Waals surface area contributed by atoms with Gasteiger partial charge in [-0.15, -0.1) is 11.3 Å². The number of anilines is 2. The van der Waals surface area contributed by atoms with Crippen molar-refractivity contribution in [2.24, 2.45) is 0 Å². The summed E-state index contributed by atoms with van der Waals surface area (Å²) < 4.78 is 5.33. The second kappa shape index (κ2) is 9.12. The van der Waals surface area contributed by atoms with Crippen LogP contribution in [0.2, 0.25) is 0 Å². The Morgan fingerprint density at radius 2 is 1.91 bits per heavy atom. The second-order valence-electron chi connectivity index (χ2n) is 7.34. The van der Waals surface area contributed by atoms with E-state index in [1.165, 1.54) is 11.3 Å². The van der Waals surface area contributed by atoms with Gasteiger partial charge in [-0.3, -0.25) is 19.1 Å². The third-order valence-corrected chi connectivity index (χ3v) is 6.38. The highest BCUT2D eigenvalue weighted by atomic mass is 79.9. The lowest BCUT2D eigenvalue weighted by Crippen LogP contribution is -2.14. The molecule has 0 fully saturated rings. The number of para-hydroxylation sites is 1. The molecule has 0 unspecified atom stereocenters. The molecule has 9 nitrogen and oxygen atoms in total. The fourth-order valence-electron chi connectivity index (χ4n) is 3.51. The van der Waals surface area contributed by atoms with Gasteiger partial charge in [0, 0.05) is 20.3 Å². The molecule has 2 amide bonds. The minimum atomic E-state index is -0.698. The van der Waals surface area contributed by atoms with Crippen LogP contribution in [0.4, 0.5) is 11.4 Å². The monoisotopic (exact) mass is 537 g/mol. The summed E-state index contributed by atoms with van der Waals surface area (Å²) in [5, 5.41) is 12.2. The molecule has 0 bridgehead atoms. The van der Waals surface area contributed by atoms with Gasteiger partial charge in [0.25, 0.3) is 5.91 Å². The predicted octanol–water partition coefficient (Wildman–Crippen LogP) is 4.77. The van der Waals surface area contributed by atoms with E-state index in [-0.39, 0.29) is 18.2 Å². The Balaban J connectivity index is 1.40. The highest BCUT2D eigenvalue weighted by Gasteiger charge is 2.17. The molecule has 5 rings (SSSR count). The number of H-pyrrole nitrogens is 2. The van der Waals surface area contributed by atoms with Crippen molar-refractivity contribution in [2.45, 2.75) is 6.42 Å². The summed E-state index contributed by atoms with van der Waals surface area (Å²) in [4.78, 5) is 43.4. The number of aromatic amines is 2. The van der Waals surface area contributed by atoms with E-state index in [2.05, 4.69) is 46.2 Å². The number of carbonyl (C=O) groups is 2. The first kappa shape index (κ1) is 21.9. The molecule has 34 heavy (non-hydrogen) atoms. The molecule has 3 heterocycles. The zero-order valence-electron chi connectivity index (χ0n) is 17.3. The number of carbonyl (C=O) groups excluding carboxylic acids is 2. The predicted molar refractivity (Wildman–Crippen MR) is 133 cm³/mol. The molecule has 0 saturated heterocycles. The van der Waals surface area contributed by atoms with Gasteiger partial charge in [-0.1, -0.05) is 39.3 Å². The zero-order valence-corrected chi connectivity index (χ0v) is 19.7. The molecule has 0 atom stereocenters. The van der Waals surface area contributed by atoms with Crippen molar-refractivity contribution in [3.05, 3.63) is 85.6 Å². The average molecular weight is 538 g/mol. The van der Waals surface area contributed by atoms with Crippen molar-refractivity contribution in [2.75, 3.05) is 10.6 Å². The average Bonchev–Trinajstić information content (AvgIpc) is 3.56. The van der Waals surface area contributed by atoms with Crippen LogP contribution in [0.25, 0.3) is 22.3 Å². The Morgan fingerprint density at radius 1 is 1.03 bits per heavy atom. The molecule has 0 aliphatic heterocycles. The quantitative estimate of drug-likeness (QED) is 0.247. The van der Waals surface area contributed by atoms with Crippen LogP contribution in [0.3, 0.4) is 0 Å². The van der Waals surface area contributed by atoms with Crippen LogP contribution >= 0.6 is 27.3 Å². The number of rotatable bonds is 6. The van der Waals surface area contributed by atoms with E-state index in [4.69, 9.17) is 0 Å². The maximum absolute atomic E-state index is 13.0. The van der Waals surface area contributed by atoms with Crippen LogP contribution < -0.4 is 16.4 Å². The standard InChI is InChI=1S/C23H16BrN5O4S/c24-13-6-7-16(15(10-13)21-28-23(32)33-29-21)27-22(31)18-9-12-3-1-5-17(20(12)26-18)25-19(30)11-14-4-2-8-34-14/h1-10,26H,11H2,(H,25,30)(H,27,31)(H,28,29,32). The lowest BCUT2D eigenvalue weighted by atomic mass is 10.1. The fourth-order valence-corrected chi connectivity index (χ4v) is 4.57. The number of aromatic nitrogens is 3. The maximum Gasteiger partial charge on any atom is 0.439 e. The van der Waals surface area contributed by atoms with E-state index in [0.717, 1.165) is 14.7 Å². The number of fused-ring (bicyclic) bond motifs is 1. The van der Waals surface area contributed by atoms with Gasteiger partial charge < -0.3 is 15.6 Å². The van der Waals surface area contributed by atoms with Gasteiger partial charge >= 0.3 is 5.76 Å². The topological polar surface area (TPSA) is 133 Å². The van der Waals surface area contributed by atoms with Crippen LogP contribution in [0.5, 0.6) is 0 Å². The maximum atomic E-state index is 13.0. The summed E-state index contributed by atoms with van der Waals surface area (Å²) in [5.74, 6) is -1.05. The van der Waals surface area contributed by atoms with Gasteiger partial charge in [-0.25, -0.2) is 4.79 Å². The summed E-state index contributed by atoms with van der Waals surface area (Å²) in [6.45, 7) is 0. The molecule has 2 aromatic carbocycles. The molecule has 170 valence electrons. The van der Waals surface area contributed by atoms with Gasteiger partial charge in [-0.05, 0) is 41.8 Å². The van der Waals surface area contributed by atoms with Crippen molar-refractivity contribution >= 4 is 61.4 Å². The molecule has 0 radical (unpaired) electrons. The van der Waals surface area contributed by atoms with Crippen LogP contribution in [-0.2, 0) is 11.2 Å². The van der Waals surface area contributed by atoms with E-state index in [1.807, 2.05) is 29.6 Å². The molecule has 0 spiro atoms. The Kier molecular flexibility index (Phi) is 5.86. The summed E-state index contributed by atoms with van der Waals surface area (Å²) in [5.41, 5.74) is 2.44. The fraction of sp³-hybridized carbons (Fsp3) is 0.0435. The number of halogens is 1. The summed E-state index contributed by atoms with van der Waals surface area (Å²) in [6.07, 6.45) is 0.276. The molecule has 5 aromatic rings. The highest BCUT2D eigenvalue weighted by Crippen LogP contribution is 2.30. The van der Waals surface area contributed by atoms with Crippen molar-refractivity contribution in [1.82, 2.24) is 15.1 Å². The number of hydrogen-bond acceptors (Lipinski definition) is 6. The second-order valence-corrected chi connectivity index (χ2v) is 9.29. The SMILES string of the molecule is O=C(Cc1cccs1)Nc1cccc2cc(C(=O)Nc3ccc(Br)cc3-c3noc(=O)[nH]3)[nH]c12. The molecule has 0 aliphatic rings. The first-order chi connectivity index (χ1) is 16.5. The van der Waals surface area contributed by atoms with Crippen LogP contribution in [0, 0.1) is 0 Å². The highest BCUT2D eigenvalue weighted by molar-refractivity contribution is 9.10. The summed E-state index contributed by atoms with van der Waals surface area (Å²) >= 11 is 4.90. The third kappa shape index (κ3) is 4.56. The molecule has 3 aromatic heterocycles. The molecule has 4 N–H and O–H groups in total. The van der Waals surface area contributed by atoms with Crippen LogP contribution in [0.15, 0.2) is 73.8 Å². The van der Waals surface area contributed by atoms with Gasteiger partial charge in [-0.2, -0.15) is 0 Å². The molecular weight excluding hydrogens is 522 g/mol. The van der Waals surface area contributed by atoms with E-state index in [1.54, 1.807) is 30.3 Å². The van der Waals surface area contributed by atoms with Crippen molar-refractivity contribution in [3.63, 3.8) is 0 Å². The van der Waals surface area contributed by atoms with Crippen molar-refractivity contribution < 1.29 is 14.1 Å². The van der Waals surface area contributed by atoms with Gasteiger partial charge in [0.15, 0.2) is 5.82 Å². The molecule has 0 aliphatic carbocycles. The minimum Gasteiger partial charge on any atom is -0.349 e. The Hall–Kier alpha value is -3.96. The van der Waals surface area contributed by atoms with Crippen molar-refractivity contribution in [3.8, 4) is 11.4 Å². The molecule has 11 heteroatoms. The van der Waals surface area contributed by atoms with Gasteiger partial charge in [0.05, 0.1) is 23.3 Å². The first-order valence-electron chi connectivity index (χ1n) is 10.1. The van der Waals surface area contributed by atoms with Crippen LogP contribution in [-0.4, -0.2) is 26.9 Å². The lowest BCUT2D eigenvalue weighted by molar-refractivity contribution is -0.115. The van der Waals surface area contributed by atoms with Gasteiger partial charge in [0.2, 0.25) is 5.91 Å². The van der Waals surface area contributed by atoms with Crippen LogP contribution in [0.1, 0.15) is 15.4 Å². The smallest absolute Gasteiger partial charge is 0.349 e. The van der Waals surface area contributed by atoms with E-state index < -0.39 is 11.7 Å². The van der Waals surface area contributed by atoms with Gasteiger partial charge in [0.1, 0.15) is 5.69 Å². The number of hydrogen-bond donors (Lipinski definition) is 4. The van der Waals surface area contributed by atoms with Crippen molar-refractivity contribution in [1.29, 1.82) is 0 Å². The first-order valence-corrected chi connectivity index (χ1v) is 11.7. The summed E-state index contributed by atoms with van der Waals surface area (Å²) in [6, 6.07) is 16.1. The Bertz CT molecular complexity index is 1570. The van der Waals surface area contributed by atoms with E-state index >= 15 is 0 Å². The normalized spacial score (nSPS) is 11.0. The minimum absolute atomic E-state index is 0.142. The lowest BCUT2D eigenvalue weighted by Gasteiger charge is -2.09. The van der Waals surface area contributed by atoms with E-state index in [9.17, 15) is 14.4 Å². The Morgan fingerprint density at radius 3 is 2.68 bits per heavy atom. The molecule has 0 saturated carbocycles. The number of amides is 2. The number of nitrogens with zero attached hydrogens (tertiary/aromatic N) is 1. The van der Waals surface area contributed by atoms with E-state index in [0.29, 0.717) is 28.1 Å². The number of benzene rings is 2. The Labute approximate surface area is 204 Å². The number of thiophene rings is 1. The third-order valence-electron chi connectivity index (χ3n) is 5.02. The molecular formula is C23H16BrN5O4S. The largest absolute Gasteiger partial charge is 0.439 e. The summed E-state index contributed by atoms with van der Waals surface area (Å²) in [7, 11) is 0. The zero-order chi connectivity index (χ0) is 23.7. The number of nitrogens with one attached hydrogen (secondary N) is 4.